The van der Waals surface area contributed by atoms with Crippen LogP contribution in [-0.2, 0) is 20.7 Å². The van der Waals surface area contributed by atoms with Crippen LogP contribution in [0.15, 0.2) is 24.3 Å². The second-order valence-electron chi connectivity index (χ2n) is 6.95. The van der Waals surface area contributed by atoms with Crippen LogP contribution in [0.3, 0.4) is 0 Å². The van der Waals surface area contributed by atoms with E-state index in [4.69, 9.17) is 9.47 Å². The minimum atomic E-state index is -0.427. The van der Waals surface area contributed by atoms with Crippen molar-refractivity contribution in [2.24, 2.45) is 5.92 Å². The molecule has 0 radical (unpaired) electrons. The lowest BCUT2D eigenvalue weighted by Crippen LogP contribution is -2.46. The maximum absolute atomic E-state index is 12.8. The third-order valence-electron chi connectivity index (χ3n) is 4.58. The van der Waals surface area contributed by atoms with Gasteiger partial charge in [0.25, 0.3) is 5.91 Å². The van der Waals surface area contributed by atoms with Gasteiger partial charge in [0.2, 0.25) is 0 Å². The third kappa shape index (κ3) is 3.89. The van der Waals surface area contributed by atoms with E-state index < -0.39 is 6.10 Å². The van der Waals surface area contributed by atoms with Crippen molar-refractivity contribution < 1.29 is 19.1 Å². The minimum Gasteiger partial charge on any atom is -0.480 e. The number of hydrogen-bond acceptors (Lipinski definition) is 4. The fraction of sp³-hybridized carbons (Fsp3) is 0.579. The highest BCUT2D eigenvalue weighted by atomic mass is 16.5. The van der Waals surface area contributed by atoms with Gasteiger partial charge in [-0.15, -0.1) is 0 Å². The predicted octanol–water partition coefficient (Wildman–Crippen LogP) is 2.57. The van der Waals surface area contributed by atoms with Gasteiger partial charge < -0.3 is 14.4 Å². The Balaban J connectivity index is 1.55. The monoisotopic (exact) mass is 331 g/mol. The van der Waals surface area contributed by atoms with E-state index in [1.807, 2.05) is 43.0 Å². The lowest BCUT2D eigenvalue weighted by molar-refractivity contribution is -0.150. The Morgan fingerprint density at radius 3 is 2.88 bits per heavy atom. The maximum Gasteiger partial charge on any atom is 0.306 e. The number of nitrogens with zero attached hydrogens (tertiary/aromatic N) is 1. The van der Waals surface area contributed by atoms with Crippen LogP contribution >= 0.6 is 0 Å². The summed E-state index contributed by atoms with van der Waals surface area (Å²) in [6.45, 7) is 5.06. The summed E-state index contributed by atoms with van der Waals surface area (Å²) in [4.78, 5) is 26.5. The molecule has 0 saturated carbocycles. The number of esters is 1. The van der Waals surface area contributed by atoms with E-state index in [1.54, 1.807) is 0 Å². The van der Waals surface area contributed by atoms with Gasteiger partial charge in [-0.1, -0.05) is 18.2 Å². The first kappa shape index (κ1) is 16.8. The van der Waals surface area contributed by atoms with Gasteiger partial charge in [-0.3, -0.25) is 9.59 Å². The molecule has 3 rings (SSSR count). The Labute approximate surface area is 142 Å². The number of hydrogen-bond donors (Lipinski definition) is 0. The zero-order valence-corrected chi connectivity index (χ0v) is 14.4. The van der Waals surface area contributed by atoms with Crippen molar-refractivity contribution in [3.05, 3.63) is 29.8 Å². The van der Waals surface area contributed by atoms with Crippen LogP contribution in [0.2, 0.25) is 0 Å². The summed E-state index contributed by atoms with van der Waals surface area (Å²) < 4.78 is 11.0. The second-order valence-corrected chi connectivity index (χ2v) is 6.95. The number of amides is 1. The number of para-hydroxylation sites is 1. The Hall–Kier alpha value is -2.04. The molecule has 1 amide bonds. The molecule has 0 N–H and O–H groups in total. The van der Waals surface area contributed by atoms with Gasteiger partial charge in [0.15, 0.2) is 6.10 Å². The summed E-state index contributed by atoms with van der Waals surface area (Å²) in [7, 11) is 0. The van der Waals surface area contributed by atoms with Crippen LogP contribution in [0.4, 0.5) is 0 Å². The molecule has 2 atom stereocenters. The molecule has 1 aromatic carbocycles. The smallest absolute Gasteiger partial charge is 0.306 e. The molecule has 0 aliphatic carbocycles. The molecule has 130 valence electrons. The normalized spacial score (nSPS) is 22.9. The molecule has 0 bridgehead atoms. The molecular formula is C19H25NO4. The fourth-order valence-electron chi connectivity index (χ4n) is 3.50. The number of benzene rings is 1. The highest BCUT2D eigenvalue weighted by Gasteiger charge is 2.34. The first-order chi connectivity index (χ1) is 11.5. The second kappa shape index (κ2) is 7.24. The van der Waals surface area contributed by atoms with E-state index in [0.29, 0.717) is 19.4 Å². The molecule has 0 unspecified atom stereocenters. The molecule has 1 aromatic rings. The summed E-state index contributed by atoms with van der Waals surface area (Å²) in [5.74, 6) is 0.851. The standard InChI is InChI=1S/C19H25NO4/c1-13(2)23-18(21)10-14-6-5-9-20(12-14)19(22)17-11-15-7-3-4-8-16(15)24-17/h3-4,7-8,13-14,17H,5-6,9-12H2,1-2H3/t14-,17+/m1/s1. The van der Waals surface area contributed by atoms with Crippen molar-refractivity contribution in [2.45, 2.75) is 51.7 Å². The molecule has 5 heteroatoms. The van der Waals surface area contributed by atoms with Crippen molar-refractivity contribution in [3.8, 4) is 5.75 Å². The summed E-state index contributed by atoms with van der Waals surface area (Å²) in [6.07, 6.45) is 2.38. The Kier molecular flexibility index (Phi) is 5.07. The van der Waals surface area contributed by atoms with E-state index >= 15 is 0 Å². The number of likely N-dealkylation sites (tertiary alicyclic amines) is 1. The Morgan fingerprint density at radius 2 is 2.12 bits per heavy atom. The molecule has 2 aliphatic rings. The van der Waals surface area contributed by atoms with Crippen molar-refractivity contribution in [1.29, 1.82) is 0 Å². The summed E-state index contributed by atoms with van der Waals surface area (Å²) in [6, 6.07) is 7.79. The van der Waals surface area contributed by atoms with Gasteiger partial charge in [-0.05, 0) is 44.2 Å². The van der Waals surface area contributed by atoms with Crippen molar-refractivity contribution in [1.82, 2.24) is 4.90 Å². The van der Waals surface area contributed by atoms with Crippen LogP contribution < -0.4 is 4.74 Å². The van der Waals surface area contributed by atoms with Gasteiger partial charge in [-0.25, -0.2) is 0 Å². The van der Waals surface area contributed by atoms with Crippen LogP contribution in [0.1, 0.15) is 38.7 Å². The highest BCUT2D eigenvalue weighted by molar-refractivity contribution is 5.83. The van der Waals surface area contributed by atoms with E-state index in [2.05, 4.69) is 0 Å². The first-order valence-electron chi connectivity index (χ1n) is 8.75. The summed E-state index contributed by atoms with van der Waals surface area (Å²) in [5, 5.41) is 0. The van der Waals surface area contributed by atoms with E-state index in [0.717, 1.165) is 30.7 Å². The Morgan fingerprint density at radius 1 is 1.33 bits per heavy atom. The van der Waals surface area contributed by atoms with Crippen LogP contribution in [0.5, 0.6) is 5.75 Å². The van der Waals surface area contributed by atoms with Crippen LogP contribution in [0.25, 0.3) is 0 Å². The average Bonchev–Trinajstić information content (AvgIpc) is 2.97. The Bertz CT molecular complexity index is 588. The predicted molar refractivity (Wildman–Crippen MR) is 89.7 cm³/mol. The molecule has 2 aliphatic heterocycles. The molecule has 1 saturated heterocycles. The highest BCUT2D eigenvalue weighted by Crippen LogP contribution is 2.30. The lowest BCUT2D eigenvalue weighted by atomic mass is 9.94. The molecule has 0 aromatic heterocycles. The molecule has 2 heterocycles. The number of rotatable bonds is 4. The number of carbonyl (C=O) groups excluding carboxylic acids is 2. The van der Waals surface area contributed by atoms with Gasteiger partial charge in [0.05, 0.1) is 12.5 Å². The molecular weight excluding hydrogens is 306 g/mol. The minimum absolute atomic E-state index is 0.0353. The number of carbonyl (C=O) groups is 2. The molecule has 0 spiro atoms. The van der Waals surface area contributed by atoms with Crippen molar-refractivity contribution in [2.75, 3.05) is 13.1 Å². The van der Waals surface area contributed by atoms with E-state index in [-0.39, 0.29) is 23.9 Å². The largest absolute Gasteiger partial charge is 0.480 e. The zero-order valence-electron chi connectivity index (χ0n) is 14.4. The van der Waals surface area contributed by atoms with Crippen molar-refractivity contribution >= 4 is 11.9 Å². The first-order valence-corrected chi connectivity index (χ1v) is 8.75. The lowest BCUT2D eigenvalue weighted by Gasteiger charge is -2.33. The number of fused-ring (bicyclic) bond motifs is 1. The van der Waals surface area contributed by atoms with E-state index in [1.165, 1.54) is 0 Å². The van der Waals surface area contributed by atoms with Gasteiger partial charge in [0, 0.05) is 19.5 Å². The van der Waals surface area contributed by atoms with Crippen LogP contribution in [-0.4, -0.2) is 42.1 Å². The summed E-state index contributed by atoms with van der Waals surface area (Å²) >= 11 is 0. The zero-order chi connectivity index (χ0) is 17.1. The molecule has 24 heavy (non-hydrogen) atoms. The van der Waals surface area contributed by atoms with Gasteiger partial charge >= 0.3 is 5.97 Å². The quantitative estimate of drug-likeness (QED) is 0.796. The van der Waals surface area contributed by atoms with Crippen molar-refractivity contribution in [3.63, 3.8) is 0 Å². The molecule has 5 nitrogen and oxygen atoms in total. The number of ether oxygens (including phenoxy) is 2. The topological polar surface area (TPSA) is 55.8 Å². The summed E-state index contributed by atoms with van der Waals surface area (Å²) in [5.41, 5.74) is 1.09. The number of piperidine rings is 1. The van der Waals surface area contributed by atoms with Gasteiger partial charge in [0.1, 0.15) is 5.75 Å². The SMILES string of the molecule is CC(C)OC(=O)C[C@H]1CCCN(C(=O)[C@@H]2Cc3ccccc3O2)C1. The molecule has 1 fully saturated rings. The fourth-order valence-corrected chi connectivity index (χ4v) is 3.50. The van der Waals surface area contributed by atoms with E-state index in [9.17, 15) is 9.59 Å². The van der Waals surface area contributed by atoms with Gasteiger partial charge in [-0.2, -0.15) is 0 Å². The maximum atomic E-state index is 12.8. The third-order valence-corrected chi connectivity index (χ3v) is 4.58. The van der Waals surface area contributed by atoms with Crippen LogP contribution in [0, 0.1) is 5.92 Å². The average molecular weight is 331 g/mol.